The van der Waals surface area contributed by atoms with Crippen molar-refractivity contribution < 1.29 is 4.39 Å². The smallest absolute Gasteiger partial charge is 0.141 e. The molecule has 2 unspecified atom stereocenters. The second kappa shape index (κ2) is 6.85. The molecular weight excluding hydrogens is 277 g/mol. The topological polar surface area (TPSA) is 32.5 Å². The Bertz CT molecular complexity index is 455. The molecular formula is C15H23ClFN3. The monoisotopic (exact) mass is 299 g/mol. The lowest BCUT2D eigenvalue weighted by Gasteiger charge is -2.32. The fourth-order valence-electron chi connectivity index (χ4n) is 2.84. The van der Waals surface area contributed by atoms with E-state index in [0.717, 1.165) is 25.2 Å². The van der Waals surface area contributed by atoms with Gasteiger partial charge in [0.15, 0.2) is 0 Å². The molecule has 0 aromatic heterocycles. The van der Waals surface area contributed by atoms with Gasteiger partial charge >= 0.3 is 0 Å². The molecule has 1 aromatic carbocycles. The minimum Gasteiger partial charge on any atom is -0.326 e. The minimum absolute atomic E-state index is 0.0158. The standard InChI is InChI=1S/C15H23ClFN3/c1-19-6-3-7-20(2)15(10-19)14(18)9-11-4-5-13(17)12(16)8-11/h4-5,8,14-15H,3,6-7,9-10,18H2,1-2H3. The van der Waals surface area contributed by atoms with Crippen LogP contribution in [0.25, 0.3) is 0 Å². The lowest BCUT2D eigenvalue weighted by Crippen LogP contribution is -2.51. The Morgan fingerprint density at radius 1 is 1.40 bits per heavy atom. The van der Waals surface area contributed by atoms with Gasteiger partial charge in [0.1, 0.15) is 5.82 Å². The van der Waals surface area contributed by atoms with Gasteiger partial charge in [0.2, 0.25) is 0 Å². The normalized spacial score (nSPS) is 23.6. The van der Waals surface area contributed by atoms with Gasteiger partial charge in [-0.15, -0.1) is 0 Å². The van der Waals surface area contributed by atoms with E-state index in [1.165, 1.54) is 12.5 Å². The molecule has 2 atom stereocenters. The molecule has 1 aliphatic rings. The van der Waals surface area contributed by atoms with Crippen molar-refractivity contribution in [3.8, 4) is 0 Å². The van der Waals surface area contributed by atoms with Gasteiger partial charge in [-0.3, -0.25) is 0 Å². The summed E-state index contributed by atoms with van der Waals surface area (Å²) in [5.74, 6) is -0.379. The van der Waals surface area contributed by atoms with Crippen LogP contribution in [0.3, 0.4) is 0 Å². The van der Waals surface area contributed by atoms with Crippen molar-refractivity contribution in [2.24, 2.45) is 5.73 Å². The molecule has 0 bridgehead atoms. The maximum atomic E-state index is 13.2. The Labute approximate surface area is 125 Å². The Morgan fingerprint density at radius 3 is 2.85 bits per heavy atom. The van der Waals surface area contributed by atoms with E-state index in [2.05, 4.69) is 23.9 Å². The summed E-state index contributed by atoms with van der Waals surface area (Å²) in [6.45, 7) is 3.13. The van der Waals surface area contributed by atoms with Crippen LogP contribution >= 0.6 is 11.6 Å². The number of benzene rings is 1. The average molecular weight is 300 g/mol. The third kappa shape index (κ3) is 3.92. The van der Waals surface area contributed by atoms with E-state index in [1.807, 2.05) is 0 Å². The summed E-state index contributed by atoms with van der Waals surface area (Å²) in [7, 11) is 4.26. The van der Waals surface area contributed by atoms with Gasteiger partial charge in [0.25, 0.3) is 0 Å². The van der Waals surface area contributed by atoms with E-state index >= 15 is 0 Å². The van der Waals surface area contributed by atoms with Gasteiger partial charge in [-0.25, -0.2) is 4.39 Å². The first-order valence-corrected chi connectivity index (χ1v) is 7.43. The van der Waals surface area contributed by atoms with E-state index in [9.17, 15) is 4.39 Å². The number of hydrogen-bond donors (Lipinski definition) is 1. The van der Waals surface area contributed by atoms with E-state index in [1.54, 1.807) is 12.1 Å². The largest absolute Gasteiger partial charge is 0.326 e. The Kier molecular flexibility index (Phi) is 5.38. The van der Waals surface area contributed by atoms with Crippen molar-refractivity contribution in [1.82, 2.24) is 9.80 Å². The van der Waals surface area contributed by atoms with Crippen molar-refractivity contribution in [2.75, 3.05) is 33.7 Å². The number of nitrogens with two attached hydrogens (primary N) is 1. The van der Waals surface area contributed by atoms with Gasteiger partial charge in [-0.1, -0.05) is 17.7 Å². The summed E-state index contributed by atoms with van der Waals surface area (Å²) in [6, 6.07) is 5.18. The van der Waals surface area contributed by atoms with Crippen molar-refractivity contribution >= 4 is 11.6 Å². The highest BCUT2D eigenvalue weighted by Crippen LogP contribution is 2.18. The minimum atomic E-state index is -0.379. The molecule has 0 amide bonds. The fraction of sp³-hybridized carbons (Fsp3) is 0.600. The van der Waals surface area contributed by atoms with Crippen molar-refractivity contribution in [3.05, 3.63) is 34.6 Å². The molecule has 3 nitrogen and oxygen atoms in total. The highest BCUT2D eigenvalue weighted by Gasteiger charge is 2.26. The van der Waals surface area contributed by atoms with E-state index < -0.39 is 0 Å². The van der Waals surface area contributed by atoms with Crippen LogP contribution in [0.4, 0.5) is 4.39 Å². The Balaban J connectivity index is 2.05. The summed E-state index contributed by atoms with van der Waals surface area (Å²) in [4.78, 5) is 4.66. The van der Waals surface area contributed by atoms with Crippen LogP contribution in [-0.2, 0) is 6.42 Å². The van der Waals surface area contributed by atoms with Crippen LogP contribution < -0.4 is 5.73 Å². The maximum absolute atomic E-state index is 13.2. The van der Waals surface area contributed by atoms with Crippen molar-refractivity contribution in [2.45, 2.75) is 24.9 Å². The van der Waals surface area contributed by atoms with Gasteiger partial charge < -0.3 is 15.5 Å². The molecule has 0 spiro atoms. The summed E-state index contributed by atoms with van der Waals surface area (Å²) >= 11 is 5.83. The second-order valence-electron chi connectivity index (χ2n) is 5.78. The SMILES string of the molecule is CN1CCCN(C)C(C(N)Cc2ccc(F)c(Cl)c2)C1. The maximum Gasteiger partial charge on any atom is 0.141 e. The highest BCUT2D eigenvalue weighted by atomic mass is 35.5. The van der Waals surface area contributed by atoms with Crippen LogP contribution in [0.2, 0.25) is 5.02 Å². The van der Waals surface area contributed by atoms with Gasteiger partial charge in [-0.05, 0) is 57.7 Å². The number of halogens is 2. The third-order valence-corrected chi connectivity index (χ3v) is 4.35. The first-order chi connectivity index (χ1) is 9.47. The van der Waals surface area contributed by atoms with E-state index in [0.29, 0.717) is 12.5 Å². The zero-order valence-electron chi connectivity index (χ0n) is 12.1. The van der Waals surface area contributed by atoms with Crippen LogP contribution in [0.5, 0.6) is 0 Å². The summed E-state index contributed by atoms with van der Waals surface area (Å²) in [5.41, 5.74) is 7.38. The molecule has 0 saturated carbocycles. The number of hydrogen-bond acceptors (Lipinski definition) is 3. The predicted octanol–water partition coefficient (Wildman–Crippen LogP) is 1.98. The summed E-state index contributed by atoms with van der Waals surface area (Å²) in [5, 5.41) is 0.168. The zero-order valence-corrected chi connectivity index (χ0v) is 12.9. The lowest BCUT2D eigenvalue weighted by molar-refractivity contribution is 0.195. The highest BCUT2D eigenvalue weighted by molar-refractivity contribution is 6.30. The van der Waals surface area contributed by atoms with E-state index in [4.69, 9.17) is 17.3 Å². The average Bonchev–Trinajstić information content (AvgIpc) is 2.56. The summed E-state index contributed by atoms with van der Waals surface area (Å²) < 4.78 is 13.2. The molecule has 0 aliphatic carbocycles. The van der Waals surface area contributed by atoms with Crippen LogP contribution in [0.1, 0.15) is 12.0 Å². The molecule has 5 heteroatoms. The molecule has 1 heterocycles. The zero-order chi connectivity index (χ0) is 14.7. The van der Waals surface area contributed by atoms with Gasteiger partial charge in [0.05, 0.1) is 5.02 Å². The third-order valence-electron chi connectivity index (χ3n) is 4.07. The molecule has 2 rings (SSSR count). The molecule has 20 heavy (non-hydrogen) atoms. The number of nitrogens with zero attached hydrogens (tertiary/aromatic N) is 2. The summed E-state index contributed by atoms with van der Waals surface area (Å²) in [6.07, 6.45) is 1.88. The quantitative estimate of drug-likeness (QED) is 0.926. The van der Waals surface area contributed by atoms with Gasteiger partial charge in [-0.2, -0.15) is 0 Å². The van der Waals surface area contributed by atoms with Crippen LogP contribution in [-0.4, -0.2) is 55.6 Å². The van der Waals surface area contributed by atoms with Crippen LogP contribution in [0, 0.1) is 5.82 Å². The Hall–Kier alpha value is -0.680. The molecule has 1 saturated heterocycles. The lowest BCUT2D eigenvalue weighted by atomic mass is 9.99. The van der Waals surface area contributed by atoms with Gasteiger partial charge in [0, 0.05) is 18.6 Å². The molecule has 0 radical (unpaired) electrons. The van der Waals surface area contributed by atoms with Crippen molar-refractivity contribution in [1.29, 1.82) is 0 Å². The molecule has 1 aliphatic heterocycles. The number of likely N-dealkylation sites (N-methyl/N-ethyl adjacent to an activating group) is 2. The molecule has 2 N–H and O–H groups in total. The molecule has 1 fully saturated rings. The second-order valence-corrected chi connectivity index (χ2v) is 6.19. The first-order valence-electron chi connectivity index (χ1n) is 7.05. The molecule has 112 valence electrons. The van der Waals surface area contributed by atoms with Crippen molar-refractivity contribution in [3.63, 3.8) is 0 Å². The number of rotatable bonds is 3. The predicted molar refractivity (Wildman–Crippen MR) is 81.6 cm³/mol. The first kappa shape index (κ1) is 15.7. The van der Waals surface area contributed by atoms with Crippen LogP contribution in [0.15, 0.2) is 18.2 Å². The van der Waals surface area contributed by atoms with E-state index in [-0.39, 0.29) is 16.9 Å². The molecule has 1 aromatic rings. The fourth-order valence-corrected chi connectivity index (χ4v) is 3.05. The Morgan fingerprint density at radius 2 is 2.15 bits per heavy atom.